The van der Waals surface area contributed by atoms with Crippen LogP contribution in [-0.4, -0.2) is 17.1 Å². The first kappa shape index (κ1) is 14.3. The van der Waals surface area contributed by atoms with Crippen LogP contribution < -0.4 is 15.2 Å². The van der Waals surface area contributed by atoms with Crippen LogP contribution in [0, 0.1) is 0 Å². The Hall–Kier alpha value is -2.14. The summed E-state index contributed by atoms with van der Waals surface area (Å²) in [6.45, 7) is 4.60. The Bertz CT molecular complexity index is 585. The Morgan fingerprint density at radius 2 is 1.95 bits per heavy atom. The average Bonchev–Trinajstić information content (AvgIpc) is 2.48. The third-order valence-corrected chi connectivity index (χ3v) is 2.93. The van der Waals surface area contributed by atoms with Crippen LogP contribution in [0.25, 0.3) is 0 Å². The lowest BCUT2D eigenvalue weighted by molar-refractivity contribution is 0.373. The topological polar surface area (TPSA) is 70.3 Å². The molecule has 0 aliphatic carbocycles. The summed E-state index contributed by atoms with van der Waals surface area (Å²) in [4.78, 5) is 8.33. The SMILES string of the molecule is COc1cc(CN)ccc1Oc1cc(C(C)C)ncn1. The standard InChI is InChI=1S/C15H19N3O2/c1-10(2)12-7-15(18-9-17-12)20-13-5-4-11(8-16)6-14(13)19-3/h4-7,9-10H,8,16H2,1-3H3. The molecule has 2 rings (SSSR count). The molecule has 0 radical (unpaired) electrons. The Balaban J connectivity index is 2.27. The molecule has 1 aromatic heterocycles. The lowest BCUT2D eigenvalue weighted by atomic mass is 10.1. The van der Waals surface area contributed by atoms with Gasteiger partial charge in [-0.3, -0.25) is 0 Å². The fourth-order valence-electron chi connectivity index (χ4n) is 1.76. The molecule has 2 aromatic rings. The van der Waals surface area contributed by atoms with Crippen LogP contribution >= 0.6 is 0 Å². The smallest absolute Gasteiger partial charge is 0.222 e. The molecule has 5 heteroatoms. The van der Waals surface area contributed by atoms with Crippen LogP contribution in [0.3, 0.4) is 0 Å². The van der Waals surface area contributed by atoms with Crippen molar-refractivity contribution < 1.29 is 9.47 Å². The van der Waals surface area contributed by atoms with Crippen molar-refractivity contribution in [2.24, 2.45) is 5.73 Å². The largest absolute Gasteiger partial charge is 0.493 e. The number of rotatable bonds is 5. The predicted octanol–water partition coefficient (Wildman–Crippen LogP) is 2.86. The quantitative estimate of drug-likeness (QED) is 0.907. The van der Waals surface area contributed by atoms with Crippen molar-refractivity contribution in [2.75, 3.05) is 7.11 Å². The minimum absolute atomic E-state index is 0.321. The van der Waals surface area contributed by atoms with E-state index in [2.05, 4.69) is 23.8 Å². The second-order valence-electron chi connectivity index (χ2n) is 4.73. The van der Waals surface area contributed by atoms with Crippen LogP contribution in [0.15, 0.2) is 30.6 Å². The molecule has 0 bridgehead atoms. The molecule has 0 amide bonds. The molecule has 106 valence electrons. The minimum atomic E-state index is 0.321. The highest BCUT2D eigenvalue weighted by Gasteiger charge is 2.09. The number of ether oxygens (including phenoxy) is 2. The maximum Gasteiger partial charge on any atom is 0.222 e. The monoisotopic (exact) mass is 273 g/mol. The van der Waals surface area contributed by atoms with E-state index in [9.17, 15) is 0 Å². The molecule has 5 nitrogen and oxygen atoms in total. The van der Waals surface area contributed by atoms with Gasteiger partial charge in [-0.05, 0) is 23.6 Å². The number of nitrogens with zero attached hydrogens (tertiary/aromatic N) is 2. The molecular weight excluding hydrogens is 254 g/mol. The summed E-state index contributed by atoms with van der Waals surface area (Å²) in [6, 6.07) is 7.43. The van der Waals surface area contributed by atoms with Crippen LogP contribution in [0.2, 0.25) is 0 Å². The van der Waals surface area contributed by atoms with Gasteiger partial charge in [0.25, 0.3) is 0 Å². The summed E-state index contributed by atoms with van der Waals surface area (Å²) < 4.78 is 11.1. The summed E-state index contributed by atoms with van der Waals surface area (Å²) in [5.74, 6) is 2.07. The van der Waals surface area contributed by atoms with Gasteiger partial charge < -0.3 is 15.2 Å². The second-order valence-corrected chi connectivity index (χ2v) is 4.73. The van der Waals surface area contributed by atoms with Gasteiger partial charge in [0.15, 0.2) is 11.5 Å². The molecule has 0 aliphatic heterocycles. The molecule has 0 saturated carbocycles. The van der Waals surface area contributed by atoms with E-state index in [1.165, 1.54) is 6.33 Å². The Morgan fingerprint density at radius 3 is 2.60 bits per heavy atom. The first-order valence-corrected chi connectivity index (χ1v) is 6.50. The van der Waals surface area contributed by atoms with Crippen molar-refractivity contribution in [2.45, 2.75) is 26.3 Å². The molecule has 0 spiro atoms. The Kier molecular flexibility index (Phi) is 4.53. The molecule has 0 atom stereocenters. The zero-order chi connectivity index (χ0) is 14.5. The average molecular weight is 273 g/mol. The first-order chi connectivity index (χ1) is 9.63. The number of nitrogens with two attached hydrogens (primary N) is 1. The van der Waals surface area contributed by atoms with Crippen LogP contribution in [0.5, 0.6) is 17.4 Å². The van der Waals surface area contributed by atoms with E-state index in [4.69, 9.17) is 15.2 Å². The first-order valence-electron chi connectivity index (χ1n) is 6.50. The van der Waals surface area contributed by atoms with Gasteiger partial charge in [-0.25, -0.2) is 9.97 Å². The van der Waals surface area contributed by atoms with Crippen molar-refractivity contribution in [1.82, 2.24) is 9.97 Å². The van der Waals surface area contributed by atoms with Gasteiger partial charge in [-0.1, -0.05) is 19.9 Å². The van der Waals surface area contributed by atoms with Gasteiger partial charge in [0.1, 0.15) is 6.33 Å². The zero-order valence-electron chi connectivity index (χ0n) is 12.0. The maximum atomic E-state index is 5.77. The molecule has 2 N–H and O–H groups in total. The fraction of sp³-hybridized carbons (Fsp3) is 0.333. The summed E-state index contributed by atoms with van der Waals surface area (Å²) >= 11 is 0. The van der Waals surface area contributed by atoms with Gasteiger partial charge in [0.2, 0.25) is 5.88 Å². The normalized spacial score (nSPS) is 10.7. The number of aromatic nitrogens is 2. The third-order valence-electron chi connectivity index (χ3n) is 2.93. The second kappa shape index (κ2) is 6.34. The number of methoxy groups -OCH3 is 1. The fourth-order valence-corrected chi connectivity index (χ4v) is 1.76. The summed E-state index contributed by atoms with van der Waals surface area (Å²) in [6.07, 6.45) is 1.51. The highest BCUT2D eigenvalue weighted by atomic mass is 16.5. The number of benzene rings is 1. The molecule has 0 fully saturated rings. The molecular formula is C15H19N3O2. The van der Waals surface area contributed by atoms with Gasteiger partial charge in [0.05, 0.1) is 12.8 Å². The summed E-state index contributed by atoms with van der Waals surface area (Å²) in [5, 5.41) is 0. The van der Waals surface area contributed by atoms with Crippen molar-refractivity contribution >= 4 is 0 Å². The summed E-state index contributed by atoms with van der Waals surface area (Å²) in [5.41, 5.74) is 7.54. The van der Waals surface area contributed by atoms with Crippen LogP contribution in [0.4, 0.5) is 0 Å². The van der Waals surface area contributed by atoms with Gasteiger partial charge in [-0.2, -0.15) is 0 Å². The molecule has 20 heavy (non-hydrogen) atoms. The molecule has 1 aromatic carbocycles. The highest BCUT2D eigenvalue weighted by Crippen LogP contribution is 2.31. The minimum Gasteiger partial charge on any atom is -0.493 e. The van der Waals surface area contributed by atoms with Crippen molar-refractivity contribution in [3.63, 3.8) is 0 Å². The Labute approximate surface area is 118 Å². The van der Waals surface area contributed by atoms with E-state index in [1.807, 2.05) is 24.3 Å². The third kappa shape index (κ3) is 3.24. The number of hydrogen-bond donors (Lipinski definition) is 1. The van der Waals surface area contributed by atoms with Gasteiger partial charge in [-0.15, -0.1) is 0 Å². The lowest BCUT2D eigenvalue weighted by Crippen LogP contribution is -1.99. The van der Waals surface area contributed by atoms with Crippen molar-refractivity contribution in [3.8, 4) is 17.4 Å². The van der Waals surface area contributed by atoms with E-state index in [0.29, 0.717) is 29.8 Å². The van der Waals surface area contributed by atoms with E-state index in [1.54, 1.807) is 7.11 Å². The summed E-state index contributed by atoms with van der Waals surface area (Å²) in [7, 11) is 1.60. The zero-order valence-corrected chi connectivity index (χ0v) is 12.0. The van der Waals surface area contributed by atoms with Crippen molar-refractivity contribution in [1.29, 1.82) is 0 Å². The van der Waals surface area contributed by atoms with Crippen LogP contribution in [0.1, 0.15) is 31.0 Å². The molecule has 0 unspecified atom stereocenters. The van der Waals surface area contributed by atoms with Gasteiger partial charge >= 0.3 is 0 Å². The Morgan fingerprint density at radius 1 is 1.15 bits per heavy atom. The van der Waals surface area contributed by atoms with Gasteiger partial charge in [0, 0.05) is 12.6 Å². The van der Waals surface area contributed by atoms with E-state index in [0.717, 1.165) is 11.3 Å². The molecule has 0 aliphatic rings. The highest BCUT2D eigenvalue weighted by molar-refractivity contribution is 5.44. The predicted molar refractivity (Wildman–Crippen MR) is 77.1 cm³/mol. The molecule has 0 saturated heterocycles. The van der Waals surface area contributed by atoms with E-state index >= 15 is 0 Å². The van der Waals surface area contributed by atoms with E-state index in [-0.39, 0.29) is 0 Å². The maximum absolute atomic E-state index is 5.77. The number of hydrogen-bond acceptors (Lipinski definition) is 5. The lowest BCUT2D eigenvalue weighted by Gasteiger charge is -2.11. The molecule has 1 heterocycles. The van der Waals surface area contributed by atoms with Crippen molar-refractivity contribution in [3.05, 3.63) is 41.9 Å². The van der Waals surface area contributed by atoms with E-state index < -0.39 is 0 Å². The van der Waals surface area contributed by atoms with Crippen LogP contribution in [-0.2, 0) is 6.54 Å².